The van der Waals surface area contributed by atoms with Crippen molar-refractivity contribution in [3.8, 4) is 0 Å². The summed E-state index contributed by atoms with van der Waals surface area (Å²) in [5.41, 5.74) is 10.5. The van der Waals surface area contributed by atoms with Gasteiger partial charge in [0.1, 0.15) is 5.82 Å². The Morgan fingerprint density at radius 2 is 1.84 bits per heavy atom. The van der Waals surface area contributed by atoms with Crippen molar-refractivity contribution in [3.63, 3.8) is 0 Å². The van der Waals surface area contributed by atoms with E-state index in [1.165, 1.54) is 19.1 Å². The topological polar surface area (TPSA) is 110 Å². The molecule has 1 aromatic rings. The van der Waals surface area contributed by atoms with E-state index in [2.05, 4.69) is 0 Å². The van der Waals surface area contributed by atoms with Gasteiger partial charge in [0.2, 0.25) is 11.8 Å². The molecular formula is C12H16FN3O3. The minimum absolute atomic E-state index is 0.0296. The second-order valence-corrected chi connectivity index (χ2v) is 4.18. The Hall–Kier alpha value is -2.15. The lowest BCUT2D eigenvalue weighted by atomic mass is 10.1. The SMILES string of the molecule is C[C@H](O)c1ccc(N(CC(N)=O)CC(N)=O)c(F)c1. The number of nitrogens with zero attached hydrogens (tertiary/aromatic N) is 1. The van der Waals surface area contributed by atoms with Gasteiger partial charge in [-0.1, -0.05) is 6.07 Å². The van der Waals surface area contributed by atoms with E-state index in [1.54, 1.807) is 0 Å². The molecule has 19 heavy (non-hydrogen) atoms. The molecule has 0 fully saturated rings. The van der Waals surface area contributed by atoms with E-state index >= 15 is 0 Å². The number of amides is 2. The number of primary amides is 2. The summed E-state index contributed by atoms with van der Waals surface area (Å²) in [6.07, 6.45) is -0.815. The lowest BCUT2D eigenvalue weighted by molar-refractivity contribution is -0.117. The smallest absolute Gasteiger partial charge is 0.236 e. The molecule has 0 saturated heterocycles. The van der Waals surface area contributed by atoms with Gasteiger partial charge in [-0.3, -0.25) is 9.59 Å². The van der Waals surface area contributed by atoms with Gasteiger partial charge in [0, 0.05) is 0 Å². The van der Waals surface area contributed by atoms with E-state index in [1.807, 2.05) is 0 Å². The van der Waals surface area contributed by atoms with Gasteiger partial charge in [-0.15, -0.1) is 0 Å². The highest BCUT2D eigenvalue weighted by Gasteiger charge is 2.17. The van der Waals surface area contributed by atoms with Gasteiger partial charge in [-0.05, 0) is 24.6 Å². The van der Waals surface area contributed by atoms with Crippen LogP contribution in [-0.4, -0.2) is 30.0 Å². The van der Waals surface area contributed by atoms with Gasteiger partial charge in [-0.2, -0.15) is 0 Å². The molecule has 0 aliphatic carbocycles. The number of rotatable bonds is 6. The van der Waals surface area contributed by atoms with Crippen LogP contribution in [0.5, 0.6) is 0 Å². The Morgan fingerprint density at radius 1 is 1.32 bits per heavy atom. The maximum absolute atomic E-state index is 13.9. The molecule has 0 aliphatic rings. The number of benzene rings is 1. The summed E-state index contributed by atoms with van der Waals surface area (Å²) in [6, 6.07) is 4.00. The minimum atomic E-state index is -0.815. The number of halogens is 1. The fourth-order valence-electron chi connectivity index (χ4n) is 1.64. The van der Waals surface area contributed by atoms with E-state index in [9.17, 15) is 19.1 Å². The van der Waals surface area contributed by atoms with Crippen LogP contribution in [0, 0.1) is 5.82 Å². The van der Waals surface area contributed by atoms with Gasteiger partial charge in [0.05, 0.1) is 24.9 Å². The van der Waals surface area contributed by atoms with Crippen LogP contribution in [0.3, 0.4) is 0 Å². The van der Waals surface area contributed by atoms with Crippen molar-refractivity contribution in [2.45, 2.75) is 13.0 Å². The van der Waals surface area contributed by atoms with Crippen molar-refractivity contribution in [2.24, 2.45) is 11.5 Å². The maximum Gasteiger partial charge on any atom is 0.236 e. The van der Waals surface area contributed by atoms with E-state index in [0.717, 1.165) is 11.0 Å². The molecule has 6 nitrogen and oxygen atoms in total. The second-order valence-electron chi connectivity index (χ2n) is 4.18. The fraction of sp³-hybridized carbons (Fsp3) is 0.333. The lowest BCUT2D eigenvalue weighted by Gasteiger charge is -2.22. The van der Waals surface area contributed by atoms with Gasteiger partial charge >= 0.3 is 0 Å². The van der Waals surface area contributed by atoms with E-state index in [-0.39, 0.29) is 18.8 Å². The average Bonchev–Trinajstić information content (AvgIpc) is 2.26. The van der Waals surface area contributed by atoms with Gasteiger partial charge < -0.3 is 21.5 Å². The predicted octanol–water partition coefficient (Wildman–Crippen LogP) is -0.344. The molecule has 1 rings (SSSR count). The number of aliphatic hydroxyl groups excluding tert-OH is 1. The Kier molecular flexibility index (Phi) is 4.82. The highest BCUT2D eigenvalue weighted by atomic mass is 19.1. The number of nitrogens with two attached hydrogens (primary N) is 2. The van der Waals surface area contributed by atoms with Crippen molar-refractivity contribution >= 4 is 17.5 Å². The van der Waals surface area contributed by atoms with Crippen LogP contribution in [0.15, 0.2) is 18.2 Å². The zero-order valence-corrected chi connectivity index (χ0v) is 10.5. The normalized spacial score (nSPS) is 11.9. The molecule has 104 valence electrons. The van der Waals surface area contributed by atoms with Crippen molar-refractivity contribution in [1.82, 2.24) is 0 Å². The van der Waals surface area contributed by atoms with Crippen molar-refractivity contribution in [1.29, 1.82) is 0 Å². The molecule has 0 aliphatic heterocycles. The third-order valence-electron chi connectivity index (χ3n) is 2.49. The summed E-state index contributed by atoms with van der Waals surface area (Å²) in [5, 5.41) is 9.34. The number of hydrogen-bond acceptors (Lipinski definition) is 4. The van der Waals surface area contributed by atoms with Crippen LogP contribution in [0.25, 0.3) is 0 Å². The monoisotopic (exact) mass is 269 g/mol. The lowest BCUT2D eigenvalue weighted by Crippen LogP contribution is -2.40. The second kappa shape index (κ2) is 6.14. The molecule has 0 saturated carbocycles. The molecule has 0 unspecified atom stereocenters. The zero-order valence-electron chi connectivity index (χ0n) is 10.5. The van der Waals surface area contributed by atoms with Crippen molar-refractivity contribution < 1.29 is 19.1 Å². The summed E-state index contributed by atoms with van der Waals surface area (Å²) in [6.45, 7) is 0.848. The summed E-state index contributed by atoms with van der Waals surface area (Å²) in [5.74, 6) is -2.08. The Labute approximate surface area is 109 Å². The van der Waals surface area contributed by atoms with E-state index in [4.69, 9.17) is 11.5 Å². The van der Waals surface area contributed by atoms with Crippen molar-refractivity contribution in [2.75, 3.05) is 18.0 Å². The number of hydrogen-bond donors (Lipinski definition) is 3. The molecule has 5 N–H and O–H groups in total. The first-order valence-corrected chi connectivity index (χ1v) is 5.60. The standard InChI is InChI=1S/C12H16FN3O3/c1-7(17)8-2-3-10(9(13)4-8)16(5-11(14)18)6-12(15)19/h2-4,7,17H,5-6H2,1H3,(H2,14,18)(H2,15,19)/t7-/m0/s1. The molecule has 0 radical (unpaired) electrons. The highest BCUT2D eigenvalue weighted by Crippen LogP contribution is 2.23. The summed E-state index contributed by atoms with van der Waals surface area (Å²) in [4.78, 5) is 23.0. The summed E-state index contributed by atoms with van der Waals surface area (Å²) < 4.78 is 13.9. The summed E-state index contributed by atoms with van der Waals surface area (Å²) in [7, 11) is 0. The van der Waals surface area contributed by atoms with E-state index < -0.39 is 23.7 Å². The van der Waals surface area contributed by atoms with Crippen LogP contribution < -0.4 is 16.4 Å². The molecule has 1 atom stereocenters. The molecule has 7 heteroatoms. The van der Waals surface area contributed by atoms with Gasteiger partial charge in [0.25, 0.3) is 0 Å². The molecule has 0 spiro atoms. The largest absolute Gasteiger partial charge is 0.389 e. The van der Waals surface area contributed by atoms with Crippen molar-refractivity contribution in [3.05, 3.63) is 29.6 Å². The zero-order chi connectivity index (χ0) is 14.6. The molecule has 0 heterocycles. The first-order valence-electron chi connectivity index (χ1n) is 5.60. The van der Waals surface area contributed by atoms with Crippen LogP contribution in [0.4, 0.5) is 10.1 Å². The highest BCUT2D eigenvalue weighted by molar-refractivity contribution is 5.84. The number of carbonyl (C=O) groups is 2. The molecule has 1 aromatic carbocycles. The minimum Gasteiger partial charge on any atom is -0.389 e. The molecule has 0 aromatic heterocycles. The van der Waals surface area contributed by atoms with E-state index in [0.29, 0.717) is 5.56 Å². The fourth-order valence-corrected chi connectivity index (χ4v) is 1.64. The molecule has 0 bridgehead atoms. The first kappa shape index (κ1) is 14.9. The first-order chi connectivity index (χ1) is 8.81. The van der Waals surface area contributed by atoms with Crippen LogP contribution in [0.2, 0.25) is 0 Å². The Bertz CT molecular complexity index is 475. The number of aliphatic hydroxyl groups is 1. The quantitative estimate of drug-likeness (QED) is 0.656. The number of anilines is 1. The Balaban J connectivity index is 3.07. The third-order valence-corrected chi connectivity index (χ3v) is 2.49. The van der Waals surface area contributed by atoms with Crippen LogP contribution in [0.1, 0.15) is 18.6 Å². The van der Waals surface area contributed by atoms with Crippen LogP contribution in [-0.2, 0) is 9.59 Å². The van der Waals surface area contributed by atoms with Gasteiger partial charge in [0.15, 0.2) is 0 Å². The summed E-state index contributed by atoms with van der Waals surface area (Å²) >= 11 is 0. The predicted molar refractivity (Wildman–Crippen MR) is 67.6 cm³/mol. The molecule has 2 amide bonds. The Morgan fingerprint density at radius 3 is 2.21 bits per heavy atom. The average molecular weight is 269 g/mol. The third kappa shape index (κ3) is 4.22. The van der Waals surface area contributed by atoms with Gasteiger partial charge in [-0.25, -0.2) is 4.39 Å². The van der Waals surface area contributed by atoms with Crippen LogP contribution >= 0.6 is 0 Å². The molecular weight excluding hydrogens is 253 g/mol. The number of carbonyl (C=O) groups excluding carboxylic acids is 2. The maximum atomic E-state index is 13.9.